The van der Waals surface area contributed by atoms with E-state index < -0.39 is 0 Å². The Kier molecular flexibility index (Phi) is 5.52. The van der Waals surface area contributed by atoms with Gasteiger partial charge in [-0.05, 0) is 30.9 Å². The molecule has 1 aliphatic carbocycles. The molecule has 0 aliphatic heterocycles. The molecule has 2 unspecified atom stereocenters. The molecule has 0 bridgehead atoms. The molecule has 0 saturated heterocycles. The molecule has 1 aliphatic rings. The van der Waals surface area contributed by atoms with Gasteiger partial charge >= 0.3 is 0 Å². The van der Waals surface area contributed by atoms with Crippen LogP contribution in [0.1, 0.15) is 32.6 Å². The Hall–Kier alpha value is -1.22. The van der Waals surface area contributed by atoms with Crippen molar-refractivity contribution in [2.24, 2.45) is 5.92 Å². The smallest absolute Gasteiger partial charge is 0.121 e. The average Bonchev–Trinajstić information content (AvgIpc) is 2.42. The summed E-state index contributed by atoms with van der Waals surface area (Å²) < 4.78 is 10.6. The highest BCUT2D eigenvalue weighted by atomic mass is 16.5. The Morgan fingerprint density at radius 1 is 1.21 bits per heavy atom. The number of methoxy groups -OCH3 is 1. The lowest BCUT2D eigenvalue weighted by Crippen LogP contribution is -2.30. The van der Waals surface area contributed by atoms with Gasteiger partial charge in [0.25, 0.3) is 0 Å². The van der Waals surface area contributed by atoms with Crippen LogP contribution in [0.15, 0.2) is 24.3 Å². The zero-order chi connectivity index (χ0) is 13.5. The van der Waals surface area contributed by atoms with Crippen LogP contribution >= 0.6 is 0 Å². The van der Waals surface area contributed by atoms with E-state index in [1.54, 1.807) is 7.11 Å². The normalized spacial score (nSPS) is 23.1. The van der Waals surface area contributed by atoms with Crippen LogP contribution < -0.4 is 10.1 Å². The molecule has 3 heteroatoms. The highest BCUT2D eigenvalue weighted by molar-refractivity contribution is 5.49. The lowest BCUT2D eigenvalue weighted by atomic mass is 9.86. The maximum atomic E-state index is 5.64. The van der Waals surface area contributed by atoms with Crippen molar-refractivity contribution in [3.05, 3.63) is 24.3 Å². The SMILES string of the molecule is COCCOc1cccc(NC2CCCCC2C)c1. The van der Waals surface area contributed by atoms with Crippen molar-refractivity contribution in [3.8, 4) is 5.75 Å². The third kappa shape index (κ3) is 4.43. The van der Waals surface area contributed by atoms with Crippen LogP contribution in [0.5, 0.6) is 5.75 Å². The molecule has 19 heavy (non-hydrogen) atoms. The van der Waals surface area contributed by atoms with E-state index >= 15 is 0 Å². The Morgan fingerprint density at radius 3 is 2.84 bits per heavy atom. The zero-order valence-electron chi connectivity index (χ0n) is 12.0. The molecule has 3 nitrogen and oxygen atoms in total. The van der Waals surface area contributed by atoms with E-state index in [-0.39, 0.29) is 0 Å². The van der Waals surface area contributed by atoms with Gasteiger partial charge in [-0.15, -0.1) is 0 Å². The molecule has 1 saturated carbocycles. The van der Waals surface area contributed by atoms with Crippen LogP contribution in [0.4, 0.5) is 5.69 Å². The maximum absolute atomic E-state index is 5.64. The van der Waals surface area contributed by atoms with Gasteiger partial charge in [0.05, 0.1) is 6.61 Å². The van der Waals surface area contributed by atoms with Gasteiger partial charge in [-0.25, -0.2) is 0 Å². The number of ether oxygens (including phenoxy) is 2. The molecule has 0 spiro atoms. The first-order chi connectivity index (χ1) is 9.29. The van der Waals surface area contributed by atoms with Gasteiger partial charge in [0, 0.05) is 24.9 Å². The molecular formula is C16H25NO2. The molecule has 0 amide bonds. The monoisotopic (exact) mass is 263 g/mol. The number of nitrogens with one attached hydrogen (secondary N) is 1. The Labute approximate surface area is 116 Å². The fraction of sp³-hybridized carbons (Fsp3) is 0.625. The van der Waals surface area contributed by atoms with Crippen molar-refractivity contribution in [3.63, 3.8) is 0 Å². The summed E-state index contributed by atoms with van der Waals surface area (Å²) in [7, 11) is 1.69. The van der Waals surface area contributed by atoms with Crippen molar-refractivity contribution in [1.82, 2.24) is 0 Å². The second-order valence-corrected chi connectivity index (χ2v) is 5.38. The third-order valence-corrected chi connectivity index (χ3v) is 3.85. The minimum atomic E-state index is 0.597. The summed E-state index contributed by atoms with van der Waals surface area (Å²) in [6.45, 7) is 3.56. The van der Waals surface area contributed by atoms with E-state index in [0.717, 1.165) is 17.4 Å². The van der Waals surface area contributed by atoms with Crippen molar-refractivity contribution in [1.29, 1.82) is 0 Å². The van der Waals surface area contributed by atoms with Crippen molar-refractivity contribution >= 4 is 5.69 Å². The lowest BCUT2D eigenvalue weighted by Gasteiger charge is -2.30. The molecular weight excluding hydrogens is 238 g/mol. The van der Waals surface area contributed by atoms with Crippen LogP contribution in [-0.4, -0.2) is 26.4 Å². The highest BCUT2D eigenvalue weighted by Gasteiger charge is 2.20. The second kappa shape index (κ2) is 7.39. The Morgan fingerprint density at radius 2 is 2.05 bits per heavy atom. The molecule has 2 rings (SSSR count). The van der Waals surface area contributed by atoms with E-state index in [1.807, 2.05) is 12.1 Å². The molecule has 0 heterocycles. The van der Waals surface area contributed by atoms with Gasteiger partial charge in [0.2, 0.25) is 0 Å². The summed E-state index contributed by atoms with van der Waals surface area (Å²) in [6, 6.07) is 8.83. The van der Waals surface area contributed by atoms with Gasteiger partial charge in [0.15, 0.2) is 0 Å². The first-order valence-electron chi connectivity index (χ1n) is 7.28. The predicted molar refractivity (Wildman–Crippen MR) is 78.9 cm³/mol. The van der Waals surface area contributed by atoms with Crippen LogP contribution in [0.25, 0.3) is 0 Å². The summed E-state index contributed by atoms with van der Waals surface area (Å²) in [5.74, 6) is 1.66. The standard InChI is InChI=1S/C16H25NO2/c1-13-6-3-4-9-16(13)17-14-7-5-8-15(12-14)19-11-10-18-2/h5,7-8,12-13,16-17H,3-4,6,9-11H2,1-2H3. The zero-order valence-corrected chi connectivity index (χ0v) is 12.0. The van der Waals surface area contributed by atoms with Crippen LogP contribution in [0.3, 0.4) is 0 Å². The summed E-state index contributed by atoms with van der Waals surface area (Å²) in [6.07, 6.45) is 5.32. The van der Waals surface area contributed by atoms with Crippen LogP contribution in [0.2, 0.25) is 0 Å². The molecule has 1 aromatic rings. The highest BCUT2D eigenvalue weighted by Crippen LogP contribution is 2.27. The topological polar surface area (TPSA) is 30.5 Å². The van der Waals surface area contributed by atoms with E-state index in [4.69, 9.17) is 9.47 Å². The molecule has 2 atom stereocenters. The first-order valence-corrected chi connectivity index (χ1v) is 7.28. The summed E-state index contributed by atoms with van der Waals surface area (Å²) >= 11 is 0. The number of hydrogen-bond acceptors (Lipinski definition) is 3. The average molecular weight is 263 g/mol. The second-order valence-electron chi connectivity index (χ2n) is 5.38. The predicted octanol–water partition coefficient (Wildman–Crippen LogP) is 3.70. The third-order valence-electron chi connectivity index (χ3n) is 3.85. The van der Waals surface area contributed by atoms with Gasteiger partial charge < -0.3 is 14.8 Å². The molecule has 0 aromatic heterocycles. The van der Waals surface area contributed by atoms with Gasteiger partial charge in [-0.3, -0.25) is 0 Å². The fourth-order valence-electron chi connectivity index (χ4n) is 2.66. The number of anilines is 1. The van der Waals surface area contributed by atoms with Crippen LogP contribution in [0, 0.1) is 5.92 Å². The minimum absolute atomic E-state index is 0.597. The largest absolute Gasteiger partial charge is 0.491 e. The van der Waals surface area contributed by atoms with E-state index in [1.165, 1.54) is 25.7 Å². The quantitative estimate of drug-likeness (QED) is 0.794. The number of rotatable bonds is 6. The maximum Gasteiger partial charge on any atom is 0.121 e. The molecule has 1 aromatic carbocycles. The number of hydrogen-bond donors (Lipinski definition) is 1. The fourth-order valence-corrected chi connectivity index (χ4v) is 2.66. The first kappa shape index (κ1) is 14.2. The van der Waals surface area contributed by atoms with E-state index in [2.05, 4.69) is 24.4 Å². The minimum Gasteiger partial charge on any atom is -0.491 e. The van der Waals surface area contributed by atoms with Crippen molar-refractivity contribution in [2.75, 3.05) is 25.6 Å². The number of benzene rings is 1. The summed E-state index contributed by atoms with van der Waals surface area (Å²) in [5.41, 5.74) is 1.16. The van der Waals surface area contributed by atoms with E-state index in [9.17, 15) is 0 Å². The van der Waals surface area contributed by atoms with Gasteiger partial charge in [-0.1, -0.05) is 25.8 Å². The summed E-state index contributed by atoms with van der Waals surface area (Å²) in [4.78, 5) is 0. The summed E-state index contributed by atoms with van der Waals surface area (Å²) in [5, 5.41) is 3.65. The molecule has 1 N–H and O–H groups in total. The van der Waals surface area contributed by atoms with Crippen molar-refractivity contribution < 1.29 is 9.47 Å². The van der Waals surface area contributed by atoms with Gasteiger partial charge in [0.1, 0.15) is 12.4 Å². The lowest BCUT2D eigenvalue weighted by molar-refractivity contribution is 0.146. The Bertz CT molecular complexity index is 381. The van der Waals surface area contributed by atoms with Crippen LogP contribution in [-0.2, 0) is 4.74 Å². The molecule has 1 fully saturated rings. The molecule has 106 valence electrons. The van der Waals surface area contributed by atoms with Crippen molar-refractivity contribution in [2.45, 2.75) is 38.6 Å². The van der Waals surface area contributed by atoms with Gasteiger partial charge in [-0.2, -0.15) is 0 Å². The Balaban J connectivity index is 1.90. The molecule has 0 radical (unpaired) electrons. The van der Waals surface area contributed by atoms with E-state index in [0.29, 0.717) is 19.3 Å².